The number of hydrogen-bond donors (Lipinski definition) is 0. The van der Waals surface area contributed by atoms with E-state index >= 15 is 0 Å². The zero-order chi connectivity index (χ0) is 19.9. The monoisotopic (exact) mass is 376 g/mol. The van der Waals surface area contributed by atoms with Crippen molar-refractivity contribution in [2.75, 3.05) is 41.3 Å². The highest BCUT2D eigenvalue weighted by atomic mass is 16.5. The van der Waals surface area contributed by atoms with Crippen LogP contribution in [0.1, 0.15) is 35.1 Å². The summed E-state index contributed by atoms with van der Waals surface area (Å²) in [6.45, 7) is 2.14. The van der Waals surface area contributed by atoms with Gasteiger partial charge < -0.3 is 14.5 Å². The van der Waals surface area contributed by atoms with Gasteiger partial charge in [-0.05, 0) is 87.6 Å². The van der Waals surface area contributed by atoms with Gasteiger partial charge in [0.15, 0.2) is 0 Å². The maximum Gasteiger partial charge on any atom is 0.131 e. The maximum absolute atomic E-state index is 6.14. The summed E-state index contributed by atoms with van der Waals surface area (Å²) in [5.41, 5.74) is 5.00. The molecule has 0 bridgehead atoms. The van der Waals surface area contributed by atoms with Gasteiger partial charge in [0.1, 0.15) is 11.5 Å². The van der Waals surface area contributed by atoms with Crippen molar-refractivity contribution >= 4 is 12.2 Å². The molecule has 0 aromatic heterocycles. The molecule has 2 aromatic carbocycles. The Labute approximate surface area is 169 Å². The van der Waals surface area contributed by atoms with E-state index in [2.05, 4.69) is 98.7 Å². The predicted molar refractivity (Wildman–Crippen MR) is 120 cm³/mol. The number of ether oxygens (including phenoxy) is 1. The molecule has 1 aliphatic rings. The van der Waals surface area contributed by atoms with E-state index in [0.29, 0.717) is 0 Å². The molecule has 0 atom stereocenters. The van der Waals surface area contributed by atoms with Gasteiger partial charge in [0.05, 0.1) is 0 Å². The molecule has 3 rings (SSSR count). The fraction of sp³-hybridized carbons (Fsp3) is 0.360. The molecule has 1 aliphatic heterocycles. The summed E-state index contributed by atoms with van der Waals surface area (Å²) in [5.74, 6) is 1.96. The van der Waals surface area contributed by atoms with Crippen LogP contribution in [0.15, 0.2) is 48.6 Å². The van der Waals surface area contributed by atoms with Gasteiger partial charge >= 0.3 is 0 Å². The van der Waals surface area contributed by atoms with Crippen LogP contribution in [0.3, 0.4) is 0 Å². The van der Waals surface area contributed by atoms with Gasteiger partial charge in [0.25, 0.3) is 0 Å². The molecule has 0 spiro atoms. The molecular weight excluding hydrogens is 344 g/mol. The summed E-state index contributed by atoms with van der Waals surface area (Å²) < 4.78 is 6.14. The van der Waals surface area contributed by atoms with Crippen LogP contribution in [0.2, 0.25) is 0 Å². The smallest absolute Gasteiger partial charge is 0.131 e. The lowest BCUT2D eigenvalue weighted by molar-refractivity contribution is 0.417. The summed E-state index contributed by atoms with van der Waals surface area (Å²) in [5, 5.41) is 0. The lowest BCUT2D eigenvalue weighted by Crippen LogP contribution is -2.11. The highest BCUT2D eigenvalue weighted by Gasteiger charge is 2.17. The minimum absolute atomic E-state index is 0.920. The van der Waals surface area contributed by atoms with Crippen LogP contribution >= 0.6 is 0 Å². The van der Waals surface area contributed by atoms with E-state index in [1.54, 1.807) is 0 Å². The highest BCUT2D eigenvalue weighted by molar-refractivity contribution is 5.60. The van der Waals surface area contributed by atoms with E-state index in [9.17, 15) is 0 Å². The number of nitrogens with zero attached hydrogens (tertiary/aromatic N) is 2. The molecule has 0 fully saturated rings. The summed E-state index contributed by atoms with van der Waals surface area (Å²) in [4.78, 5) is 4.41. The van der Waals surface area contributed by atoms with E-state index in [0.717, 1.165) is 43.9 Å². The summed E-state index contributed by atoms with van der Waals surface area (Å²) in [6.07, 6.45) is 12.0. The van der Waals surface area contributed by atoms with Crippen LogP contribution in [0.25, 0.3) is 12.2 Å². The van der Waals surface area contributed by atoms with Gasteiger partial charge in [-0.25, -0.2) is 0 Å². The van der Waals surface area contributed by atoms with Gasteiger partial charge in [-0.3, -0.25) is 0 Å². The van der Waals surface area contributed by atoms with Crippen LogP contribution < -0.4 is 4.74 Å². The Balaban J connectivity index is 1.68. The topological polar surface area (TPSA) is 15.7 Å². The van der Waals surface area contributed by atoms with Crippen molar-refractivity contribution in [3.05, 3.63) is 70.8 Å². The Bertz CT molecular complexity index is 780. The molecular formula is C25H32N2O. The molecule has 28 heavy (non-hydrogen) atoms. The summed E-state index contributed by atoms with van der Waals surface area (Å²) >= 11 is 0. The second kappa shape index (κ2) is 9.72. The summed E-state index contributed by atoms with van der Waals surface area (Å²) in [7, 11) is 8.42. The first-order valence-corrected chi connectivity index (χ1v) is 10.1. The zero-order valence-electron chi connectivity index (χ0n) is 17.6. The third-order valence-electron chi connectivity index (χ3n) is 4.88. The maximum atomic E-state index is 6.14. The quantitative estimate of drug-likeness (QED) is 0.530. The molecule has 0 saturated heterocycles. The minimum Gasteiger partial charge on any atom is -0.457 e. The number of hydrogen-bond acceptors (Lipinski definition) is 3. The molecule has 0 unspecified atom stereocenters. The van der Waals surface area contributed by atoms with Gasteiger partial charge in [-0.1, -0.05) is 36.4 Å². The number of rotatable bonds is 8. The molecule has 3 nitrogen and oxygen atoms in total. The van der Waals surface area contributed by atoms with E-state index in [1.807, 2.05) is 0 Å². The van der Waals surface area contributed by atoms with Crippen LogP contribution in [-0.4, -0.2) is 51.1 Å². The van der Waals surface area contributed by atoms with Gasteiger partial charge in [0, 0.05) is 19.5 Å². The second-order valence-corrected chi connectivity index (χ2v) is 8.00. The molecule has 148 valence electrons. The Morgan fingerprint density at radius 2 is 1.21 bits per heavy atom. The van der Waals surface area contributed by atoms with Crippen LogP contribution in [0.5, 0.6) is 11.5 Å². The van der Waals surface area contributed by atoms with E-state index < -0.39 is 0 Å². The Morgan fingerprint density at radius 1 is 0.750 bits per heavy atom. The average Bonchev–Trinajstić information content (AvgIpc) is 2.66. The minimum atomic E-state index is 0.920. The first kappa shape index (κ1) is 20.4. The number of fused-ring (bicyclic) bond motifs is 2. The Hall–Kier alpha value is -2.36. The average molecular weight is 377 g/mol. The molecule has 3 heteroatoms. The van der Waals surface area contributed by atoms with Crippen LogP contribution in [-0.2, 0) is 6.42 Å². The molecule has 1 heterocycles. The fourth-order valence-corrected chi connectivity index (χ4v) is 3.31. The van der Waals surface area contributed by atoms with Crippen molar-refractivity contribution in [1.82, 2.24) is 9.80 Å². The van der Waals surface area contributed by atoms with Crippen molar-refractivity contribution in [3.63, 3.8) is 0 Å². The zero-order valence-corrected chi connectivity index (χ0v) is 17.6. The van der Waals surface area contributed by atoms with Crippen molar-refractivity contribution in [1.29, 1.82) is 0 Å². The third-order valence-corrected chi connectivity index (χ3v) is 4.88. The fourth-order valence-electron chi connectivity index (χ4n) is 3.31. The number of benzene rings is 2. The first-order valence-electron chi connectivity index (χ1n) is 10.1. The van der Waals surface area contributed by atoms with E-state index in [-0.39, 0.29) is 0 Å². The molecule has 0 N–H and O–H groups in total. The van der Waals surface area contributed by atoms with Crippen molar-refractivity contribution in [3.8, 4) is 11.5 Å². The van der Waals surface area contributed by atoms with E-state index in [4.69, 9.17) is 4.74 Å². The molecule has 0 amide bonds. The first-order chi connectivity index (χ1) is 13.5. The Morgan fingerprint density at radius 3 is 1.64 bits per heavy atom. The largest absolute Gasteiger partial charge is 0.457 e. The van der Waals surface area contributed by atoms with Gasteiger partial charge in [0.2, 0.25) is 0 Å². The molecule has 0 aliphatic carbocycles. The lowest BCUT2D eigenvalue weighted by atomic mass is 9.96. The second-order valence-electron chi connectivity index (χ2n) is 8.00. The molecule has 0 radical (unpaired) electrons. The third kappa shape index (κ3) is 5.82. The van der Waals surface area contributed by atoms with Gasteiger partial charge in [-0.2, -0.15) is 0 Å². The van der Waals surface area contributed by atoms with Gasteiger partial charge in [-0.15, -0.1) is 0 Å². The summed E-state index contributed by atoms with van der Waals surface area (Å²) in [6, 6.07) is 13.0. The van der Waals surface area contributed by atoms with Crippen LogP contribution in [0, 0.1) is 0 Å². The predicted octanol–water partition coefficient (Wildman–Crippen LogP) is 5.31. The van der Waals surface area contributed by atoms with E-state index in [1.165, 1.54) is 22.3 Å². The van der Waals surface area contributed by atoms with Crippen molar-refractivity contribution in [2.24, 2.45) is 0 Å². The van der Waals surface area contributed by atoms with Crippen molar-refractivity contribution in [2.45, 2.75) is 19.3 Å². The normalized spacial score (nSPS) is 13.4. The molecule has 2 aromatic rings. The Kier molecular flexibility index (Phi) is 7.07. The SMILES string of the molecule is CN(C)CCC=Cc1ccc2c(c1)Cc1cc(C=CCCN(C)C)ccc1O2. The highest BCUT2D eigenvalue weighted by Crippen LogP contribution is 2.37. The van der Waals surface area contributed by atoms with Crippen molar-refractivity contribution < 1.29 is 4.74 Å². The van der Waals surface area contributed by atoms with Crippen LogP contribution in [0.4, 0.5) is 0 Å². The standard InChI is InChI=1S/C25H32N2O/c1-26(2)15-7-5-9-20-11-13-24-22(17-20)19-23-18-21(12-14-25(23)28-24)10-6-8-16-27(3)4/h5-6,9-14,17-18H,7-8,15-16,19H2,1-4H3. The lowest BCUT2D eigenvalue weighted by Gasteiger charge is -2.21. The molecule has 0 saturated carbocycles.